The summed E-state index contributed by atoms with van der Waals surface area (Å²) in [6.45, 7) is 8.95. The Bertz CT molecular complexity index is 520. The standard InChI is InChI=1S/C12H18N4O2S/c1-8-6-13-11(19-8)10(15-18)16(5)12(3,4)7-14-9(2)17/h6-7,17-18H,2H2,1,3-5H3/b14-7?,15-10-. The molecule has 7 heteroatoms. The molecule has 0 amide bonds. The maximum Gasteiger partial charge on any atom is 0.204 e. The largest absolute Gasteiger partial charge is 0.494 e. The molecule has 1 rings (SSSR count). The molecular formula is C12H18N4O2S. The van der Waals surface area contributed by atoms with Crippen molar-refractivity contribution in [2.45, 2.75) is 26.3 Å². The lowest BCUT2D eigenvalue weighted by atomic mass is 10.1. The predicted molar refractivity (Wildman–Crippen MR) is 77.3 cm³/mol. The molecule has 0 unspecified atom stereocenters. The van der Waals surface area contributed by atoms with Crippen LogP contribution in [0, 0.1) is 6.92 Å². The van der Waals surface area contributed by atoms with Gasteiger partial charge in [-0.25, -0.2) is 9.98 Å². The number of aliphatic hydroxyl groups is 1. The van der Waals surface area contributed by atoms with Crippen LogP contribution in [0.25, 0.3) is 0 Å². The topological polar surface area (TPSA) is 81.3 Å². The number of aryl methyl sites for hydroxylation is 1. The first-order valence-corrected chi connectivity index (χ1v) is 6.41. The molecule has 19 heavy (non-hydrogen) atoms. The third-order valence-corrected chi connectivity index (χ3v) is 3.53. The van der Waals surface area contributed by atoms with Gasteiger partial charge in [-0.1, -0.05) is 5.16 Å². The van der Waals surface area contributed by atoms with Crippen LogP contribution < -0.4 is 0 Å². The molecule has 1 aromatic rings. The Morgan fingerprint density at radius 3 is 2.63 bits per heavy atom. The summed E-state index contributed by atoms with van der Waals surface area (Å²) in [5.41, 5.74) is -0.577. The Kier molecular flexibility index (Phi) is 4.66. The van der Waals surface area contributed by atoms with E-state index in [1.54, 1.807) is 18.1 Å². The van der Waals surface area contributed by atoms with E-state index < -0.39 is 5.54 Å². The van der Waals surface area contributed by atoms with E-state index in [0.717, 1.165) is 4.88 Å². The Morgan fingerprint density at radius 1 is 1.58 bits per heavy atom. The summed E-state index contributed by atoms with van der Waals surface area (Å²) in [5.74, 6) is 0.0761. The van der Waals surface area contributed by atoms with Gasteiger partial charge in [0.2, 0.25) is 11.7 Å². The van der Waals surface area contributed by atoms with E-state index in [1.807, 2.05) is 20.8 Å². The molecule has 0 saturated carbocycles. The molecule has 0 aliphatic carbocycles. The zero-order valence-electron chi connectivity index (χ0n) is 11.5. The van der Waals surface area contributed by atoms with Crippen molar-refractivity contribution in [2.75, 3.05) is 7.05 Å². The van der Waals surface area contributed by atoms with Crippen LogP contribution in [0.5, 0.6) is 0 Å². The highest BCUT2D eigenvalue weighted by atomic mass is 32.1. The first-order chi connectivity index (χ1) is 8.77. The minimum Gasteiger partial charge on any atom is -0.494 e. The van der Waals surface area contributed by atoms with Gasteiger partial charge in [-0.2, -0.15) is 0 Å². The zero-order chi connectivity index (χ0) is 14.6. The number of oxime groups is 1. The number of aliphatic imine (C=N–C) groups is 1. The average molecular weight is 282 g/mol. The number of aromatic nitrogens is 1. The van der Waals surface area contributed by atoms with E-state index in [9.17, 15) is 5.21 Å². The van der Waals surface area contributed by atoms with Crippen LogP contribution >= 0.6 is 11.3 Å². The normalized spacial score (nSPS) is 12.9. The van der Waals surface area contributed by atoms with Gasteiger partial charge in [-0.3, -0.25) is 0 Å². The molecule has 2 N–H and O–H groups in total. The van der Waals surface area contributed by atoms with Crippen LogP contribution in [0.4, 0.5) is 0 Å². The molecule has 1 heterocycles. The summed E-state index contributed by atoms with van der Waals surface area (Å²) in [4.78, 5) is 10.7. The van der Waals surface area contributed by atoms with Gasteiger partial charge in [-0.05, 0) is 27.4 Å². The minimum absolute atomic E-state index is 0.269. The van der Waals surface area contributed by atoms with Crippen molar-refractivity contribution in [3.05, 3.63) is 28.5 Å². The Morgan fingerprint density at radius 2 is 2.21 bits per heavy atom. The van der Waals surface area contributed by atoms with Crippen LogP contribution in [0.2, 0.25) is 0 Å². The van der Waals surface area contributed by atoms with Crippen molar-refractivity contribution < 1.29 is 10.3 Å². The average Bonchev–Trinajstić information content (AvgIpc) is 2.74. The molecule has 0 bridgehead atoms. The molecule has 1 aromatic heterocycles. The van der Waals surface area contributed by atoms with E-state index in [4.69, 9.17) is 5.11 Å². The number of amidine groups is 1. The van der Waals surface area contributed by atoms with E-state index in [0.29, 0.717) is 10.8 Å². The number of hydrogen-bond acceptors (Lipinski definition) is 6. The fourth-order valence-electron chi connectivity index (χ4n) is 1.30. The van der Waals surface area contributed by atoms with Crippen molar-refractivity contribution in [3.63, 3.8) is 0 Å². The maximum absolute atomic E-state index is 9.20. The molecule has 104 valence electrons. The van der Waals surface area contributed by atoms with Gasteiger partial charge < -0.3 is 15.2 Å². The van der Waals surface area contributed by atoms with Gasteiger partial charge in [0.05, 0.1) is 5.54 Å². The molecule has 0 aliphatic rings. The van der Waals surface area contributed by atoms with E-state index >= 15 is 0 Å². The second-order valence-corrected chi connectivity index (χ2v) is 5.82. The molecular weight excluding hydrogens is 264 g/mol. The lowest BCUT2D eigenvalue weighted by molar-refractivity contribution is 0.286. The molecule has 0 atom stereocenters. The highest BCUT2D eigenvalue weighted by Crippen LogP contribution is 2.19. The minimum atomic E-state index is -0.577. The molecule has 6 nitrogen and oxygen atoms in total. The van der Waals surface area contributed by atoms with Crippen LogP contribution in [-0.2, 0) is 0 Å². The molecule has 0 radical (unpaired) electrons. The van der Waals surface area contributed by atoms with Gasteiger partial charge in [0.1, 0.15) is 0 Å². The number of aliphatic hydroxyl groups excluding tert-OH is 1. The maximum atomic E-state index is 9.20. The number of rotatable bonds is 4. The molecule has 0 aromatic carbocycles. The predicted octanol–water partition coefficient (Wildman–Crippen LogP) is 2.40. The molecule has 0 spiro atoms. The van der Waals surface area contributed by atoms with Crippen LogP contribution in [-0.4, -0.2) is 44.8 Å². The molecule has 0 saturated heterocycles. The summed E-state index contributed by atoms with van der Waals surface area (Å²) in [6.07, 6.45) is 3.25. The highest BCUT2D eigenvalue weighted by Gasteiger charge is 2.27. The number of nitrogens with zero attached hydrogens (tertiary/aromatic N) is 4. The smallest absolute Gasteiger partial charge is 0.204 e. The van der Waals surface area contributed by atoms with Crippen LogP contribution in [0.3, 0.4) is 0 Å². The lowest BCUT2D eigenvalue weighted by Gasteiger charge is -2.33. The summed E-state index contributed by atoms with van der Waals surface area (Å²) in [5, 5.41) is 22.1. The van der Waals surface area contributed by atoms with Gasteiger partial charge in [0.15, 0.2) is 5.01 Å². The zero-order valence-corrected chi connectivity index (χ0v) is 12.3. The van der Waals surface area contributed by atoms with Gasteiger partial charge in [0.25, 0.3) is 0 Å². The Labute approximate surface area is 116 Å². The lowest BCUT2D eigenvalue weighted by Crippen LogP contribution is -2.46. The van der Waals surface area contributed by atoms with E-state index in [1.165, 1.54) is 17.6 Å². The Hall–Kier alpha value is -1.89. The fraction of sp³-hybridized carbons (Fsp3) is 0.417. The summed E-state index contributed by atoms with van der Waals surface area (Å²) in [7, 11) is 1.76. The highest BCUT2D eigenvalue weighted by molar-refractivity contribution is 7.13. The van der Waals surface area contributed by atoms with E-state index in [2.05, 4.69) is 21.7 Å². The second kappa shape index (κ2) is 5.83. The molecule has 0 aliphatic heterocycles. The van der Waals surface area contributed by atoms with Crippen LogP contribution in [0.1, 0.15) is 23.7 Å². The molecule has 0 fully saturated rings. The third-order valence-electron chi connectivity index (χ3n) is 2.62. The Balaban J connectivity index is 3.02. The third kappa shape index (κ3) is 3.78. The fourth-order valence-corrected chi connectivity index (χ4v) is 2.09. The van der Waals surface area contributed by atoms with Crippen molar-refractivity contribution in [1.29, 1.82) is 0 Å². The summed E-state index contributed by atoms with van der Waals surface area (Å²) in [6, 6.07) is 0. The summed E-state index contributed by atoms with van der Waals surface area (Å²) < 4.78 is 0. The number of hydrogen-bond donors (Lipinski definition) is 2. The van der Waals surface area contributed by atoms with E-state index in [-0.39, 0.29) is 5.88 Å². The van der Waals surface area contributed by atoms with Crippen LogP contribution in [0.15, 0.2) is 28.8 Å². The summed E-state index contributed by atoms with van der Waals surface area (Å²) >= 11 is 1.43. The first-order valence-electron chi connectivity index (χ1n) is 5.59. The number of thiazole rings is 1. The first kappa shape index (κ1) is 15.2. The van der Waals surface area contributed by atoms with Crippen molar-refractivity contribution in [1.82, 2.24) is 9.88 Å². The van der Waals surface area contributed by atoms with Crippen molar-refractivity contribution >= 4 is 23.4 Å². The monoisotopic (exact) mass is 282 g/mol. The second-order valence-electron chi connectivity index (χ2n) is 4.59. The van der Waals surface area contributed by atoms with Gasteiger partial charge >= 0.3 is 0 Å². The SMILES string of the molecule is C=C(O)N=CC(C)(C)N(C)/C(=N\O)c1ncc(C)s1. The van der Waals surface area contributed by atoms with Crippen molar-refractivity contribution in [2.24, 2.45) is 10.1 Å². The van der Waals surface area contributed by atoms with Gasteiger partial charge in [-0.15, -0.1) is 11.3 Å². The quantitative estimate of drug-likeness (QED) is 0.292. The van der Waals surface area contributed by atoms with Gasteiger partial charge in [0, 0.05) is 24.3 Å². The van der Waals surface area contributed by atoms with Crippen molar-refractivity contribution in [3.8, 4) is 0 Å².